The SMILES string of the molecule is CC[Si](CC)c1ccccc1N. The first-order chi connectivity index (χ1) is 5.79. The Morgan fingerprint density at radius 3 is 2.25 bits per heavy atom. The summed E-state index contributed by atoms with van der Waals surface area (Å²) in [6, 6.07) is 10.8. The predicted octanol–water partition coefficient (Wildman–Crippen LogP) is 2.01. The third kappa shape index (κ3) is 1.88. The monoisotopic (exact) mass is 178 g/mol. The molecule has 0 atom stereocenters. The van der Waals surface area contributed by atoms with Crippen LogP contribution < -0.4 is 10.9 Å². The number of hydrogen-bond acceptors (Lipinski definition) is 1. The lowest BCUT2D eigenvalue weighted by Gasteiger charge is -2.12. The fourth-order valence-electron chi connectivity index (χ4n) is 1.45. The Morgan fingerprint density at radius 1 is 1.17 bits per heavy atom. The average molecular weight is 178 g/mol. The maximum absolute atomic E-state index is 5.90. The second kappa shape index (κ2) is 4.31. The molecule has 0 aromatic heterocycles. The minimum absolute atomic E-state index is 0.356. The molecular weight excluding hydrogens is 162 g/mol. The molecule has 1 aromatic carbocycles. The fourth-order valence-corrected chi connectivity index (χ4v) is 3.54. The molecule has 0 aliphatic carbocycles. The molecule has 0 bridgehead atoms. The van der Waals surface area contributed by atoms with Crippen molar-refractivity contribution in [2.45, 2.75) is 25.9 Å². The van der Waals surface area contributed by atoms with Gasteiger partial charge in [0, 0.05) is 5.69 Å². The average Bonchev–Trinajstić information content (AvgIpc) is 2.10. The van der Waals surface area contributed by atoms with Crippen molar-refractivity contribution in [3.63, 3.8) is 0 Å². The zero-order valence-electron chi connectivity index (χ0n) is 7.80. The molecule has 2 heteroatoms. The van der Waals surface area contributed by atoms with Crippen LogP contribution >= 0.6 is 0 Å². The van der Waals surface area contributed by atoms with E-state index in [0.717, 1.165) is 5.69 Å². The third-order valence-corrected chi connectivity index (χ3v) is 5.12. The summed E-state index contributed by atoms with van der Waals surface area (Å²) in [7, 11) is -0.356. The van der Waals surface area contributed by atoms with Crippen LogP contribution in [0.3, 0.4) is 0 Å². The summed E-state index contributed by atoms with van der Waals surface area (Å²) in [5, 5.41) is 1.41. The lowest BCUT2D eigenvalue weighted by atomic mass is 10.3. The molecule has 0 heterocycles. The molecular formula is C10H16NSi. The van der Waals surface area contributed by atoms with Crippen molar-refractivity contribution in [3.05, 3.63) is 24.3 Å². The first kappa shape index (κ1) is 9.33. The molecule has 1 nitrogen and oxygen atoms in total. The summed E-state index contributed by atoms with van der Waals surface area (Å²) in [6.07, 6.45) is 0. The summed E-state index contributed by atoms with van der Waals surface area (Å²) in [6.45, 7) is 4.51. The van der Waals surface area contributed by atoms with Crippen molar-refractivity contribution in [2.75, 3.05) is 5.73 Å². The van der Waals surface area contributed by atoms with Crippen molar-refractivity contribution in [1.29, 1.82) is 0 Å². The van der Waals surface area contributed by atoms with Gasteiger partial charge in [0.15, 0.2) is 0 Å². The molecule has 2 N–H and O–H groups in total. The summed E-state index contributed by atoms with van der Waals surface area (Å²) < 4.78 is 0. The van der Waals surface area contributed by atoms with Crippen LogP contribution in [0, 0.1) is 0 Å². The number of anilines is 1. The second-order valence-electron chi connectivity index (χ2n) is 2.90. The molecule has 0 unspecified atom stereocenters. The van der Waals surface area contributed by atoms with E-state index in [1.54, 1.807) is 0 Å². The van der Waals surface area contributed by atoms with Crippen LogP contribution in [0.4, 0.5) is 5.69 Å². The highest BCUT2D eigenvalue weighted by atomic mass is 28.3. The summed E-state index contributed by atoms with van der Waals surface area (Å²) in [5.41, 5.74) is 6.88. The maximum Gasteiger partial charge on any atom is 0.0878 e. The fraction of sp³-hybridized carbons (Fsp3) is 0.400. The van der Waals surface area contributed by atoms with Gasteiger partial charge in [0.25, 0.3) is 0 Å². The Kier molecular flexibility index (Phi) is 3.35. The van der Waals surface area contributed by atoms with Gasteiger partial charge < -0.3 is 5.73 Å². The third-order valence-electron chi connectivity index (χ3n) is 2.20. The molecule has 0 amide bonds. The van der Waals surface area contributed by atoms with Crippen molar-refractivity contribution in [1.82, 2.24) is 0 Å². The lowest BCUT2D eigenvalue weighted by molar-refractivity contribution is 1.33. The summed E-state index contributed by atoms with van der Waals surface area (Å²) in [5.74, 6) is 0. The first-order valence-electron chi connectivity index (χ1n) is 4.49. The van der Waals surface area contributed by atoms with Crippen LogP contribution in [0.5, 0.6) is 0 Å². The van der Waals surface area contributed by atoms with E-state index in [-0.39, 0.29) is 8.80 Å². The van der Waals surface area contributed by atoms with Gasteiger partial charge >= 0.3 is 0 Å². The number of para-hydroxylation sites is 1. The minimum Gasteiger partial charge on any atom is -0.399 e. The van der Waals surface area contributed by atoms with Crippen LogP contribution in [0.1, 0.15) is 13.8 Å². The van der Waals surface area contributed by atoms with Gasteiger partial charge in [-0.25, -0.2) is 0 Å². The molecule has 0 saturated heterocycles. The Hall–Kier alpha value is -0.763. The largest absolute Gasteiger partial charge is 0.399 e. The molecule has 0 aliphatic heterocycles. The number of benzene rings is 1. The smallest absolute Gasteiger partial charge is 0.0878 e. The van der Waals surface area contributed by atoms with E-state index in [1.165, 1.54) is 17.3 Å². The van der Waals surface area contributed by atoms with Gasteiger partial charge in [-0.3, -0.25) is 0 Å². The van der Waals surface area contributed by atoms with E-state index in [0.29, 0.717) is 0 Å². The first-order valence-corrected chi connectivity index (χ1v) is 6.40. The van der Waals surface area contributed by atoms with Gasteiger partial charge in [-0.1, -0.05) is 44.1 Å². The summed E-state index contributed by atoms with van der Waals surface area (Å²) in [4.78, 5) is 0. The predicted molar refractivity (Wildman–Crippen MR) is 57.2 cm³/mol. The molecule has 1 radical (unpaired) electrons. The second-order valence-corrected chi connectivity index (χ2v) is 6.06. The molecule has 0 fully saturated rings. The van der Waals surface area contributed by atoms with Crippen LogP contribution in [-0.2, 0) is 0 Å². The zero-order valence-corrected chi connectivity index (χ0v) is 8.80. The highest BCUT2D eigenvalue weighted by Gasteiger charge is 2.10. The van der Waals surface area contributed by atoms with E-state index in [1.807, 2.05) is 12.1 Å². The van der Waals surface area contributed by atoms with E-state index in [9.17, 15) is 0 Å². The summed E-state index contributed by atoms with van der Waals surface area (Å²) >= 11 is 0. The molecule has 0 spiro atoms. The Morgan fingerprint density at radius 2 is 1.75 bits per heavy atom. The highest BCUT2D eigenvalue weighted by molar-refractivity contribution is 6.74. The van der Waals surface area contributed by atoms with Crippen molar-refractivity contribution in [2.24, 2.45) is 0 Å². The highest BCUT2D eigenvalue weighted by Crippen LogP contribution is 2.05. The van der Waals surface area contributed by atoms with E-state index in [2.05, 4.69) is 26.0 Å². The maximum atomic E-state index is 5.90. The van der Waals surface area contributed by atoms with Gasteiger partial charge in [0.1, 0.15) is 0 Å². The van der Waals surface area contributed by atoms with Crippen molar-refractivity contribution in [3.8, 4) is 0 Å². The van der Waals surface area contributed by atoms with Crippen LogP contribution in [-0.4, -0.2) is 8.80 Å². The van der Waals surface area contributed by atoms with Crippen LogP contribution in [0.2, 0.25) is 12.1 Å². The standard InChI is InChI=1S/C10H16NSi/c1-3-12(4-2)10-8-6-5-7-9(10)11/h5-8H,3-4,11H2,1-2H3. The Bertz CT molecular complexity index is 243. The zero-order chi connectivity index (χ0) is 8.97. The van der Waals surface area contributed by atoms with E-state index < -0.39 is 0 Å². The lowest BCUT2D eigenvalue weighted by Crippen LogP contribution is -2.30. The molecule has 0 saturated carbocycles. The van der Waals surface area contributed by atoms with E-state index >= 15 is 0 Å². The number of rotatable bonds is 3. The normalized spacial score (nSPS) is 10.6. The Labute approximate surface area is 76.2 Å². The van der Waals surface area contributed by atoms with Crippen molar-refractivity contribution >= 4 is 19.7 Å². The van der Waals surface area contributed by atoms with Gasteiger partial charge in [-0.2, -0.15) is 0 Å². The molecule has 65 valence electrons. The van der Waals surface area contributed by atoms with Crippen LogP contribution in [0.15, 0.2) is 24.3 Å². The van der Waals surface area contributed by atoms with Gasteiger partial charge in [-0.05, 0) is 11.3 Å². The van der Waals surface area contributed by atoms with Gasteiger partial charge in [0.05, 0.1) is 8.80 Å². The number of nitrogens with two attached hydrogens (primary N) is 1. The van der Waals surface area contributed by atoms with E-state index in [4.69, 9.17) is 5.73 Å². The topological polar surface area (TPSA) is 26.0 Å². The molecule has 12 heavy (non-hydrogen) atoms. The Balaban J connectivity index is 2.92. The number of hydrogen-bond donors (Lipinski definition) is 1. The number of nitrogen functional groups attached to an aromatic ring is 1. The molecule has 0 aliphatic rings. The van der Waals surface area contributed by atoms with Gasteiger partial charge in [-0.15, -0.1) is 0 Å². The van der Waals surface area contributed by atoms with Gasteiger partial charge in [0.2, 0.25) is 0 Å². The van der Waals surface area contributed by atoms with Crippen molar-refractivity contribution < 1.29 is 0 Å². The van der Waals surface area contributed by atoms with Crippen LogP contribution in [0.25, 0.3) is 0 Å². The minimum atomic E-state index is -0.356. The molecule has 1 aromatic rings. The quantitative estimate of drug-likeness (QED) is 0.556. The molecule has 1 rings (SSSR count).